The SMILES string of the molecule is Cc1cnc([C@@H](C)CNC(=O)NC2CC=CC2)s1. The number of carbonyl (C=O) groups is 1. The van der Waals surface area contributed by atoms with Gasteiger partial charge in [-0.1, -0.05) is 19.1 Å². The number of thiazole rings is 1. The smallest absolute Gasteiger partial charge is 0.315 e. The van der Waals surface area contributed by atoms with E-state index in [2.05, 4.69) is 34.7 Å². The maximum Gasteiger partial charge on any atom is 0.315 e. The summed E-state index contributed by atoms with van der Waals surface area (Å²) >= 11 is 1.69. The molecule has 2 rings (SSSR count). The van der Waals surface area contributed by atoms with E-state index in [0.717, 1.165) is 17.8 Å². The highest BCUT2D eigenvalue weighted by molar-refractivity contribution is 7.11. The molecule has 1 aliphatic rings. The molecule has 5 heteroatoms. The van der Waals surface area contributed by atoms with Crippen LogP contribution in [0, 0.1) is 6.92 Å². The average molecular weight is 265 g/mol. The summed E-state index contributed by atoms with van der Waals surface area (Å²) in [5.74, 6) is 0.260. The zero-order valence-electron chi connectivity index (χ0n) is 10.8. The second-order valence-electron chi connectivity index (χ2n) is 4.70. The van der Waals surface area contributed by atoms with E-state index in [4.69, 9.17) is 0 Å². The summed E-state index contributed by atoms with van der Waals surface area (Å²) in [6.07, 6.45) is 7.96. The van der Waals surface area contributed by atoms with Gasteiger partial charge in [-0.25, -0.2) is 9.78 Å². The third-order valence-corrected chi connectivity index (χ3v) is 4.12. The van der Waals surface area contributed by atoms with Crippen molar-refractivity contribution in [2.24, 2.45) is 0 Å². The quantitative estimate of drug-likeness (QED) is 0.822. The summed E-state index contributed by atoms with van der Waals surface area (Å²) in [4.78, 5) is 17.2. The van der Waals surface area contributed by atoms with Crippen LogP contribution < -0.4 is 10.6 Å². The van der Waals surface area contributed by atoms with Gasteiger partial charge in [-0.3, -0.25) is 0 Å². The van der Waals surface area contributed by atoms with Gasteiger partial charge in [0, 0.05) is 29.6 Å². The van der Waals surface area contributed by atoms with E-state index >= 15 is 0 Å². The van der Waals surface area contributed by atoms with Gasteiger partial charge in [0.25, 0.3) is 0 Å². The molecule has 1 aromatic heterocycles. The summed E-state index contributed by atoms with van der Waals surface area (Å²) in [5.41, 5.74) is 0. The first-order valence-corrected chi connectivity index (χ1v) is 7.08. The van der Waals surface area contributed by atoms with Gasteiger partial charge in [0.1, 0.15) is 0 Å². The number of amides is 2. The van der Waals surface area contributed by atoms with Crippen molar-refractivity contribution in [2.75, 3.05) is 6.54 Å². The number of aromatic nitrogens is 1. The molecule has 0 saturated carbocycles. The van der Waals surface area contributed by atoms with Crippen LogP contribution in [0.5, 0.6) is 0 Å². The van der Waals surface area contributed by atoms with Crippen LogP contribution in [0.25, 0.3) is 0 Å². The first-order chi connectivity index (χ1) is 8.65. The first kappa shape index (κ1) is 13.1. The highest BCUT2D eigenvalue weighted by Gasteiger charge is 2.14. The number of nitrogens with one attached hydrogen (secondary N) is 2. The van der Waals surface area contributed by atoms with Gasteiger partial charge >= 0.3 is 6.03 Å². The van der Waals surface area contributed by atoms with Crippen molar-refractivity contribution in [3.63, 3.8) is 0 Å². The molecule has 0 unspecified atom stereocenters. The fourth-order valence-electron chi connectivity index (χ4n) is 1.90. The zero-order valence-corrected chi connectivity index (χ0v) is 11.6. The van der Waals surface area contributed by atoms with Crippen LogP contribution >= 0.6 is 11.3 Å². The lowest BCUT2D eigenvalue weighted by Crippen LogP contribution is -2.42. The minimum absolute atomic E-state index is 0.0798. The summed E-state index contributed by atoms with van der Waals surface area (Å²) in [7, 11) is 0. The molecular formula is C13H19N3OS. The van der Waals surface area contributed by atoms with Gasteiger partial charge in [-0.05, 0) is 19.8 Å². The molecule has 0 spiro atoms. The molecule has 0 fully saturated rings. The molecular weight excluding hydrogens is 246 g/mol. The van der Waals surface area contributed by atoms with Crippen molar-refractivity contribution in [3.05, 3.63) is 28.2 Å². The molecule has 1 aliphatic carbocycles. The van der Waals surface area contributed by atoms with Crippen LogP contribution in [0.3, 0.4) is 0 Å². The van der Waals surface area contributed by atoms with E-state index in [9.17, 15) is 4.79 Å². The maximum absolute atomic E-state index is 11.7. The second kappa shape index (κ2) is 6.00. The Hall–Kier alpha value is -1.36. The highest BCUT2D eigenvalue weighted by atomic mass is 32.1. The molecule has 0 radical (unpaired) electrons. The van der Waals surface area contributed by atoms with Crippen LogP contribution in [0.2, 0.25) is 0 Å². The normalized spacial score (nSPS) is 16.8. The average Bonchev–Trinajstić information content (AvgIpc) is 2.97. The van der Waals surface area contributed by atoms with Crippen molar-refractivity contribution < 1.29 is 4.79 Å². The maximum atomic E-state index is 11.7. The van der Waals surface area contributed by atoms with Gasteiger partial charge in [0.05, 0.1) is 5.01 Å². The number of hydrogen-bond donors (Lipinski definition) is 2. The molecule has 2 amide bonds. The fourth-order valence-corrected chi connectivity index (χ4v) is 2.73. The van der Waals surface area contributed by atoms with E-state index < -0.39 is 0 Å². The highest BCUT2D eigenvalue weighted by Crippen LogP contribution is 2.20. The van der Waals surface area contributed by atoms with Crippen molar-refractivity contribution >= 4 is 17.4 Å². The Morgan fingerprint density at radius 1 is 1.56 bits per heavy atom. The van der Waals surface area contributed by atoms with Gasteiger partial charge in [-0.15, -0.1) is 11.3 Å². The predicted molar refractivity (Wildman–Crippen MR) is 74.0 cm³/mol. The minimum Gasteiger partial charge on any atom is -0.337 e. The number of aryl methyl sites for hydroxylation is 1. The van der Waals surface area contributed by atoms with Gasteiger partial charge in [0.2, 0.25) is 0 Å². The molecule has 98 valence electrons. The summed E-state index contributed by atoms with van der Waals surface area (Å²) in [6.45, 7) is 4.75. The van der Waals surface area contributed by atoms with Crippen LogP contribution in [0.4, 0.5) is 4.79 Å². The number of carbonyl (C=O) groups excluding carboxylic acids is 1. The summed E-state index contributed by atoms with van der Waals surface area (Å²) in [6, 6.07) is 0.186. The standard InChI is InChI=1S/C13H19N3OS/c1-9(12-14-8-10(2)18-12)7-15-13(17)16-11-5-3-4-6-11/h3-4,8-9,11H,5-7H2,1-2H3,(H2,15,16,17)/t9-/m0/s1. The Morgan fingerprint density at radius 2 is 2.28 bits per heavy atom. The molecule has 2 N–H and O–H groups in total. The van der Waals surface area contributed by atoms with E-state index in [0.29, 0.717) is 6.54 Å². The first-order valence-electron chi connectivity index (χ1n) is 6.27. The number of hydrogen-bond acceptors (Lipinski definition) is 3. The van der Waals surface area contributed by atoms with Crippen LogP contribution in [0.15, 0.2) is 18.3 Å². The molecule has 18 heavy (non-hydrogen) atoms. The van der Waals surface area contributed by atoms with E-state index in [1.165, 1.54) is 4.88 Å². The third-order valence-electron chi connectivity index (χ3n) is 2.97. The fraction of sp³-hybridized carbons (Fsp3) is 0.538. The predicted octanol–water partition coefficient (Wildman–Crippen LogP) is 2.57. The van der Waals surface area contributed by atoms with Crippen molar-refractivity contribution in [3.8, 4) is 0 Å². The van der Waals surface area contributed by atoms with E-state index in [1.807, 2.05) is 13.1 Å². The van der Waals surface area contributed by atoms with E-state index in [-0.39, 0.29) is 18.0 Å². The lowest BCUT2D eigenvalue weighted by Gasteiger charge is -2.14. The lowest BCUT2D eigenvalue weighted by atomic mass is 10.2. The molecule has 1 heterocycles. The van der Waals surface area contributed by atoms with Crippen molar-refractivity contribution in [1.82, 2.24) is 15.6 Å². The molecule has 4 nitrogen and oxygen atoms in total. The zero-order chi connectivity index (χ0) is 13.0. The van der Waals surface area contributed by atoms with Gasteiger partial charge < -0.3 is 10.6 Å². The summed E-state index contributed by atoms with van der Waals surface area (Å²) in [5, 5.41) is 6.95. The topological polar surface area (TPSA) is 54.0 Å². The molecule has 0 aromatic carbocycles. The number of urea groups is 1. The largest absolute Gasteiger partial charge is 0.337 e. The molecule has 0 aliphatic heterocycles. The Bertz CT molecular complexity index is 433. The second-order valence-corrected chi connectivity index (χ2v) is 5.97. The third kappa shape index (κ3) is 3.57. The van der Waals surface area contributed by atoms with Gasteiger partial charge in [-0.2, -0.15) is 0 Å². The Labute approximate surface area is 112 Å². The summed E-state index contributed by atoms with van der Waals surface area (Å²) < 4.78 is 0. The van der Waals surface area contributed by atoms with Crippen LogP contribution in [-0.2, 0) is 0 Å². The monoisotopic (exact) mass is 265 g/mol. The van der Waals surface area contributed by atoms with Gasteiger partial charge in [0.15, 0.2) is 0 Å². The van der Waals surface area contributed by atoms with Crippen LogP contribution in [-0.4, -0.2) is 23.6 Å². The minimum atomic E-state index is -0.0798. The lowest BCUT2D eigenvalue weighted by molar-refractivity contribution is 0.237. The van der Waals surface area contributed by atoms with Crippen LogP contribution in [0.1, 0.15) is 35.6 Å². The van der Waals surface area contributed by atoms with Crippen molar-refractivity contribution in [1.29, 1.82) is 0 Å². The van der Waals surface area contributed by atoms with Crippen molar-refractivity contribution in [2.45, 2.75) is 38.6 Å². The molecule has 0 bridgehead atoms. The number of rotatable bonds is 4. The molecule has 0 saturated heterocycles. The van der Waals surface area contributed by atoms with E-state index in [1.54, 1.807) is 11.3 Å². The Balaban J connectivity index is 1.72. The Morgan fingerprint density at radius 3 is 2.89 bits per heavy atom. The molecule has 1 aromatic rings. The number of nitrogens with zero attached hydrogens (tertiary/aromatic N) is 1. The molecule has 1 atom stereocenters. The Kier molecular flexibility index (Phi) is 4.36.